The topological polar surface area (TPSA) is 153 Å². The number of nitrogens with zero attached hydrogens (tertiary/aromatic N) is 2. The van der Waals surface area contributed by atoms with Gasteiger partial charge in [0.15, 0.2) is 16.7 Å². The van der Waals surface area contributed by atoms with E-state index in [9.17, 15) is 19.5 Å². The minimum Gasteiger partial charge on any atom is -0.502 e. The molecule has 4 rings (SSSR count). The van der Waals surface area contributed by atoms with Crippen molar-refractivity contribution >= 4 is 46.4 Å². The summed E-state index contributed by atoms with van der Waals surface area (Å²) in [7, 11) is 2.81. The number of nitrogens with two attached hydrogens (primary N) is 1. The molecule has 3 amide bonds. The van der Waals surface area contributed by atoms with Crippen LogP contribution in [0.2, 0.25) is 0 Å². The highest BCUT2D eigenvalue weighted by molar-refractivity contribution is 8.18. The molecule has 1 aliphatic heterocycles. The number of primary amides is 1. The van der Waals surface area contributed by atoms with Crippen LogP contribution in [0.3, 0.4) is 0 Å². The van der Waals surface area contributed by atoms with E-state index in [2.05, 4.69) is 10.3 Å². The second-order valence-electron chi connectivity index (χ2n) is 11.5. The van der Waals surface area contributed by atoms with Gasteiger partial charge in [0.25, 0.3) is 5.91 Å². The lowest BCUT2D eigenvalue weighted by Crippen LogP contribution is -2.53. The molecule has 1 aliphatic rings. The number of thioether (sulfide) groups is 1. The number of rotatable bonds is 11. The predicted molar refractivity (Wildman–Crippen MR) is 178 cm³/mol. The Morgan fingerprint density at radius 1 is 1.04 bits per heavy atom. The SMILES string of the molecule is COc1cc(/C=C2\SC(=Nc3ccccc3)N([C@@H](C)C(=O)N[C@@H](Cc3ccc(OC(C)(C)C)cc3)C(N)=O)C2=O)cc(OC)c1O. The van der Waals surface area contributed by atoms with Crippen LogP contribution in [0.1, 0.15) is 38.8 Å². The van der Waals surface area contributed by atoms with Crippen molar-refractivity contribution in [2.45, 2.75) is 51.8 Å². The van der Waals surface area contributed by atoms with Crippen molar-refractivity contribution in [2.75, 3.05) is 14.2 Å². The summed E-state index contributed by atoms with van der Waals surface area (Å²) >= 11 is 1.09. The number of phenolic OH excluding ortho intramolecular Hbond substituents is 1. The van der Waals surface area contributed by atoms with E-state index in [-0.39, 0.29) is 39.3 Å². The van der Waals surface area contributed by atoms with Crippen LogP contribution in [-0.4, -0.2) is 64.8 Å². The van der Waals surface area contributed by atoms with E-state index in [1.54, 1.807) is 49.4 Å². The summed E-state index contributed by atoms with van der Waals surface area (Å²) in [6.07, 6.45) is 1.74. The van der Waals surface area contributed by atoms with Gasteiger partial charge >= 0.3 is 0 Å². The number of hydrogen-bond acceptors (Lipinski definition) is 9. The fraction of sp³-hybridized carbons (Fsp3) is 0.294. The molecule has 1 fully saturated rings. The fourth-order valence-electron chi connectivity index (χ4n) is 4.58. The third-order valence-corrected chi connectivity index (χ3v) is 7.81. The number of para-hydroxylation sites is 1. The minimum atomic E-state index is -1.05. The van der Waals surface area contributed by atoms with Gasteiger partial charge in [-0.25, -0.2) is 4.99 Å². The van der Waals surface area contributed by atoms with Gasteiger partial charge in [0.05, 0.1) is 24.8 Å². The summed E-state index contributed by atoms with van der Waals surface area (Å²) in [5.41, 5.74) is 7.19. The number of hydrogen-bond donors (Lipinski definition) is 3. The molecule has 0 spiro atoms. The first kappa shape index (κ1) is 33.9. The zero-order chi connectivity index (χ0) is 33.6. The van der Waals surface area contributed by atoms with Gasteiger partial charge in [0.1, 0.15) is 23.4 Å². The summed E-state index contributed by atoms with van der Waals surface area (Å²) in [4.78, 5) is 46.0. The van der Waals surface area contributed by atoms with Crippen molar-refractivity contribution in [1.29, 1.82) is 0 Å². The number of aromatic hydroxyl groups is 1. The number of benzene rings is 3. The Kier molecular flexibility index (Phi) is 10.6. The Morgan fingerprint density at radius 2 is 1.65 bits per heavy atom. The third kappa shape index (κ3) is 8.39. The second-order valence-corrected chi connectivity index (χ2v) is 12.5. The van der Waals surface area contributed by atoms with Crippen molar-refractivity contribution < 1.29 is 33.7 Å². The molecule has 2 atom stereocenters. The number of nitrogens with one attached hydrogen (secondary N) is 1. The van der Waals surface area contributed by atoms with Crippen LogP contribution in [0.25, 0.3) is 6.08 Å². The van der Waals surface area contributed by atoms with Gasteiger partial charge in [-0.05, 0) is 93.1 Å². The first-order valence-corrected chi connectivity index (χ1v) is 15.3. The Morgan fingerprint density at radius 3 is 2.20 bits per heavy atom. The summed E-state index contributed by atoms with van der Waals surface area (Å²) in [6.45, 7) is 7.39. The third-order valence-electron chi connectivity index (χ3n) is 6.83. The van der Waals surface area contributed by atoms with Crippen molar-refractivity contribution in [3.05, 3.63) is 82.8 Å². The predicted octanol–water partition coefficient (Wildman–Crippen LogP) is 4.79. The van der Waals surface area contributed by atoms with Gasteiger partial charge in [-0.1, -0.05) is 30.3 Å². The van der Waals surface area contributed by atoms with Crippen molar-refractivity contribution in [3.8, 4) is 23.0 Å². The van der Waals surface area contributed by atoms with Crippen molar-refractivity contribution in [3.63, 3.8) is 0 Å². The minimum absolute atomic E-state index is 0.146. The number of carbonyl (C=O) groups excluding carboxylic acids is 3. The number of aliphatic imine (C=N–C) groups is 1. The van der Waals surface area contributed by atoms with E-state index in [1.807, 2.05) is 51.1 Å². The van der Waals surface area contributed by atoms with Gasteiger partial charge in [0.2, 0.25) is 17.6 Å². The molecule has 4 N–H and O–H groups in total. The normalized spacial score (nSPS) is 16.3. The first-order valence-electron chi connectivity index (χ1n) is 14.5. The summed E-state index contributed by atoms with van der Waals surface area (Å²) < 4.78 is 16.4. The molecule has 0 radical (unpaired) electrons. The number of carbonyl (C=O) groups is 3. The lowest BCUT2D eigenvalue weighted by molar-refractivity contribution is -0.134. The van der Waals surface area contributed by atoms with Crippen LogP contribution in [0.5, 0.6) is 23.0 Å². The molecule has 12 heteroatoms. The number of amides is 3. The van der Waals surface area contributed by atoms with Gasteiger partial charge in [-0.3, -0.25) is 19.3 Å². The van der Waals surface area contributed by atoms with E-state index in [0.717, 1.165) is 17.3 Å². The lowest BCUT2D eigenvalue weighted by Gasteiger charge is -2.25. The summed E-state index contributed by atoms with van der Waals surface area (Å²) in [5, 5.41) is 13.3. The van der Waals surface area contributed by atoms with E-state index in [0.29, 0.717) is 17.0 Å². The molecule has 11 nitrogen and oxygen atoms in total. The van der Waals surface area contributed by atoms with Crippen LogP contribution in [0.4, 0.5) is 5.69 Å². The zero-order valence-electron chi connectivity index (χ0n) is 26.6. The molecule has 3 aromatic rings. The van der Waals surface area contributed by atoms with E-state index in [1.165, 1.54) is 19.1 Å². The number of amidine groups is 1. The van der Waals surface area contributed by atoms with E-state index < -0.39 is 29.8 Å². The number of phenols is 1. The molecule has 0 unspecified atom stereocenters. The fourth-order valence-corrected chi connectivity index (χ4v) is 5.65. The maximum atomic E-state index is 13.8. The maximum Gasteiger partial charge on any atom is 0.267 e. The van der Waals surface area contributed by atoms with Gasteiger partial charge in [-0.2, -0.15) is 0 Å². The number of methoxy groups -OCH3 is 2. The van der Waals surface area contributed by atoms with Crippen LogP contribution in [0.15, 0.2) is 76.6 Å². The molecular formula is C34H38N4O7S. The molecule has 0 saturated carbocycles. The van der Waals surface area contributed by atoms with Crippen molar-refractivity contribution in [2.24, 2.45) is 10.7 Å². The Labute approximate surface area is 272 Å². The van der Waals surface area contributed by atoms with Gasteiger partial charge in [-0.15, -0.1) is 0 Å². The Balaban J connectivity index is 1.60. The van der Waals surface area contributed by atoms with Crippen LogP contribution in [-0.2, 0) is 20.8 Å². The van der Waals surface area contributed by atoms with Crippen LogP contribution < -0.4 is 25.3 Å². The smallest absolute Gasteiger partial charge is 0.267 e. The Bertz CT molecular complexity index is 1630. The standard InChI is InChI=1S/C34H38N4O7S/c1-20(31(41)37-25(30(35)40)16-21-12-14-24(15-13-21)45-34(2,3)4)38-32(42)28(46-33(38)36-23-10-8-7-9-11-23)19-22-17-26(43-5)29(39)27(18-22)44-6/h7-15,17-20,25,39H,16H2,1-6H3,(H2,35,40)(H,37,41)/b28-19-,36-33?/t20-,25-/m0/s1. The maximum absolute atomic E-state index is 13.8. The van der Waals surface area contributed by atoms with Crippen molar-refractivity contribution in [1.82, 2.24) is 10.2 Å². The highest BCUT2D eigenvalue weighted by atomic mass is 32.2. The highest BCUT2D eigenvalue weighted by Crippen LogP contribution is 2.40. The molecule has 1 saturated heterocycles. The summed E-state index contributed by atoms with van der Waals surface area (Å²) in [6, 6.07) is 17.3. The largest absolute Gasteiger partial charge is 0.502 e. The second kappa shape index (κ2) is 14.4. The molecule has 242 valence electrons. The molecular weight excluding hydrogens is 608 g/mol. The molecule has 0 aromatic heterocycles. The molecule has 1 heterocycles. The van der Waals surface area contributed by atoms with Gasteiger partial charge < -0.3 is 30.4 Å². The monoisotopic (exact) mass is 646 g/mol. The van der Waals surface area contributed by atoms with E-state index in [4.69, 9.17) is 19.9 Å². The summed E-state index contributed by atoms with van der Waals surface area (Å²) in [5.74, 6) is -0.941. The first-order chi connectivity index (χ1) is 21.8. The van der Waals surface area contributed by atoms with Crippen LogP contribution >= 0.6 is 11.8 Å². The Hall–Kier alpha value is -4.97. The average Bonchev–Trinajstić information content (AvgIpc) is 3.31. The molecule has 3 aromatic carbocycles. The average molecular weight is 647 g/mol. The van der Waals surface area contributed by atoms with Gasteiger partial charge in [0, 0.05) is 6.42 Å². The lowest BCUT2D eigenvalue weighted by atomic mass is 10.0. The highest BCUT2D eigenvalue weighted by Gasteiger charge is 2.40. The zero-order valence-corrected chi connectivity index (χ0v) is 27.4. The molecule has 46 heavy (non-hydrogen) atoms. The van der Waals surface area contributed by atoms with E-state index >= 15 is 0 Å². The quantitative estimate of drug-likeness (QED) is 0.252. The molecule has 0 aliphatic carbocycles. The van der Waals surface area contributed by atoms with Crippen LogP contribution in [0, 0.1) is 0 Å². The molecule has 0 bridgehead atoms. The number of ether oxygens (including phenoxy) is 3.